The maximum Gasteiger partial charge on any atom is 0.355 e. The van der Waals surface area contributed by atoms with E-state index in [1.807, 2.05) is 89.8 Å². The largest absolute Gasteiger partial charge is 0.466 e. The summed E-state index contributed by atoms with van der Waals surface area (Å²) < 4.78 is 11.2. The molecule has 0 aliphatic carbocycles. The number of methoxy groups -OCH3 is 2. The number of carbonyl (C=O) groups is 2. The molecule has 1 atom stereocenters. The first-order valence-corrected chi connectivity index (χ1v) is 11.2. The van der Waals surface area contributed by atoms with E-state index in [9.17, 15) is 9.59 Å². The van der Waals surface area contributed by atoms with Gasteiger partial charge in [-0.25, -0.2) is 9.59 Å². The van der Waals surface area contributed by atoms with Gasteiger partial charge in [-0.05, 0) is 42.0 Å². The molecule has 6 nitrogen and oxygen atoms in total. The number of benzene rings is 3. The van der Waals surface area contributed by atoms with Crippen LogP contribution in [0.2, 0.25) is 0 Å². The van der Waals surface area contributed by atoms with Crippen LogP contribution < -0.4 is 9.80 Å². The Bertz CT molecular complexity index is 1160. The van der Waals surface area contributed by atoms with Crippen molar-refractivity contribution in [1.82, 2.24) is 0 Å². The highest BCUT2D eigenvalue weighted by atomic mass is 79.9. The normalized spacial score (nSPS) is 15.9. The van der Waals surface area contributed by atoms with E-state index in [-0.39, 0.29) is 17.8 Å². The first-order valence-electron chi connectivity index (χ1n) is 10.4. The minimum atomic E-state index is -0.603. The third kappa shape index (κ3) is 4.50. The Kier molecular flexibility index (Phi) is 6.79. The SMILES string of the molecule is COC(=O)C1=C(C(=O)OC)N(c2ccccc2)[C@H](c2ccc(Br)cc2)N(c2ccccc2)C1. The van der Waals surface area contributed by atoms with E-state index in [4.69, 9.17) is 9.47 Å². The number of esters is 2. The number of anilines is 2. The summed E-state index contributed by atoms with van der Waals surface area (Å²) in [5.41, 5.74) is 2.97. The highest BCUT2D eigenvalue weighted by Gasteiger charge is 2.42. The van der Waals surface area contributed by atoms with Crippen molar-refractivity contribution in [3.05, 3.63) is 106 Å². The maximum absolute atomic E-state index is 13.1. The summed E-state index contributed by atoms with van der Waals surface area (Å²) in [5, 5.41) is 0. The maximum atomic E-state index is 13.1. The van der Waals surface area contributed by atoms with E-state index in [2.05, 4.69) is 20.8 Å². The molecule has 1 aliphatic heterocycles. The van der Waals surface area contributed by atoms with Crippen LogP contribution in [-0.4, -0.2) is 32.7 Å². The third-order valence-electron chi connectivity index (χ3n) is 5.50. The molecule has 0 aromatic heterocycles. The molecule has 4 rings (SSSR count). The molecule has 0 bridgehead atoms. The molecule has 0 amide bonds. The van der Waals surface area contributed by atoms with Crippen molar-refractivity contribution in [2.75, 3.05) is 30.6 Å². The van der Waals surface area contributed by atoms with E-state index < -0.39 is 18.1 Å². The lowest BCUT2D eigenvalue weighted by molar-refractivity contribution is -0.139. The van der Waals surface area contributed by atoms with Crippen LogP contribution in [0.25, 0.3) is 0 Å². The van der Waals surface area contributed by atoms with Gasteiger partial charge in [-0.1, -0.05) is 64.5 Å². The van der Waals surface area contributed by atoms with Crippen LogP contribution in [0.5, 0.6) is 0 Å². The van der Waals surface area contributed by atoms with E-state index in [1.54, 1.807) is 0 Å². The van der Waals surface area contributed by atoms with Crippen LogP contribution in [0.4, 0.5) is 11.4 Å². The first kappa shape index (κ1) is 22.6. The Balaban J connectivity index is 2.03. The molecule has 0 fully saturated rings. The van der Waals surface area contributed by atoms with Gasteiger partial charge in [-0.2, -0.15) is 0 Å². The zero-order chi connectivity index (χ0) is 23.4. The van der Waals surface area contributed by atoms with Crippen molar-refractivity contribution in [2.24, 2.45) is 0 Å². The van der Waals surface area contributed by atoms with Gasteiger partial charge in [-0.3, -0.25) is 0 Å². The molecule has 33 heavy (non-hydrogen) atoms. The summed E-state index contributed by atoms with van der Waals surface area (Å²) in [6.07, 6.45) is -0.426. The van der Waals surface area contributed by atoms with Gasteiger partial charge in [0.1, 0.15) is 11.9 Å². The fourth-order valence-electron chi connectivity index (χ4n) is 4.02. The summed E-state index contributed by atoms with van der Waals surface area (Å²) in [4.78, 5) is 29.9. The molecule has 0 radical (unpaired) electrons. The van der Waals surface area contributed by atoms with Crippen molar-refractivity contribution < 1.29 is 19.1 Å². The Morgan fingerprint density at radius 2 is 1.33 bits per heavy atom. The number of carbonyl (C=O) groups excluding carboxylic acids is 2. The van der Waals surface area contributed by atoms with Crippen LogP contribution in [0.3, 0.4) is 0 Å². The third-order valence-corrected chi connectivity index (χ3v) is 6.02. The van der Waals surface area contributed by atoms with Crippen molar-refractivity contribution in [3.63, 3.8) is 0 Å². The number of hydrogen-bond donors (Lipinski definition) is 0. The van der Waals surface area contributed by atoms with E-state index in [0.717, 1.165) is 21.4 Å². The summed E-state index contributed by atoms with van der Waals surface area (Å²) in [6.45, 7) is 0.172. The van der Waals surface area contributed by atoms with Crippen LogP contribution in [-0.2, 0) is 19.1 Å². The van der Waals surface area contributed by atoms with Gasteiger partial charge in [0.25, 0.3) is 0 Å². The Morgan fingerprint density at radius 1 is 0.788 bits per heavy atom. The lowest BCUT2D eigenvalue weighted by atomic mass is 9.99. The molecule has 168 valence electrons. The molecule has 0 spiro atoms. The van der Waals surface area contributed by atoms with Crippen molar-refractivity contribution in [1.29, 1.82) is 0 Å². The number of hydrogen-bond acceptors (Lipinski definition) is 6. The number of para-hydroxylation sites is 2. The van der Waals surface area contributed by atoms with Gasteiger partial charge in [0.05, 0.1) is 26.3 Å². The van der Waals surface area contributed by atoms with Gasteiger partial charge >= 0.3 is 11.9 Å². The van der Waals surface area contributed by atoms with Crippen LogP contribution in [0, 0.1) is 0 Å². The highest BCUT2D eigenvalue weighted by molar-refractivity contribution is 9.10. The molecule has 0 N–H and O–H groups in total. The zero-order valence-electron chi connectivity index (χ0n) is 18.3. The fraction of sp³-hybridized carbons (Fsp3) is 0.154. The first-order chi connectivity index (χ1) is 16.0. The number of ether oxygens (including phenoxy) is 2. The minimum absolute atomic E-state index is 0.163. The lowest BCUT2D eigenvalue weighted by Crippen LogP contribution is -2.50. The standard InChI is InChI=1S/C26H23BrN2O4/c1-32-25(30)22-17-28(20-9-5-3-6-10-20)24(18-13-15-19(27)16-14-18)29(23(22)26(31)33-2)21-11-7-4-8-12-21/h3-16,24H,17H2,1-2H3/t24-/m1/s1. The molecular weight excluding hydrogens is 484 g/mol. The summed E-state index contributed by atoms with van der Waals surface area (Å²) in [5.74, 6) is -1.18. The zero-order valence-corrected chi connectivity index (χ0v) is 19.9. The Morgan fingerprint density at radius 3 is 1.88 bits per heavy atom. The average Bonchev–Trinajstić information content (AvgIpc) is 2.88. The van der Waals surface area contributed by atoms with Crippen LogP contribution in [0.15, 0.2) is 101 Å². The van der Waals surface area contributed by atoms with Crippen molar-refractivity contribution in [2.45, 2.75) is 6.17 Å². The summed E-state index contributed by atoms with van der Waals surface area (Å²) >= 11 is 3.50. The molecule has 0 unspecified atom stereocenters. The smallest absolute Gasteiger partial charge is 0.355 e. The topological polar surface area (TPSA) is 59.1 Å². The van der Waals surface area contributed by atoms with Crippen molar-refractivity contribution >= 4 is 39.2 Å². The fourth-order valence-corrected chi connectivity index (χ4v) is 4.28. The molecular formula is C26H23BrN2O4. The molecule has 1 heterocycles. The second-order valence-corrected chi connectivity index (χ2v) is 8.32. The molecule has 0 saturated heterocycles. The Labute approximate surface area is 201 Å². The second kappa shape index (κ2) is 9.92. The Hall–Kier alpha value is -3.58. The summed E-state index contributed by atoms with van der Waals surface area (Å²) in [7, 11) is 2.62. The van der Waals surface area contributed by atoms with E-state index in [0.29, 0.717) is 0 Å². The highest BCUT2D eigenvalue weighted by Crippen LogP contribution is 2.42. The molecule has 3 aromatic rings. The van der Waals surface area contributed by atoms with Gasteiger partial charge in [0.2, 0.25) is 0 Å². The molecule has 7 heteroatoms. The quantitative estimate of drug-likeness (QED) is 0.450. The van der Waals surface area contributed by atoms with E-state index in [1.165, 1.54) is 14.2 Å². The monoisotopic (exact) mass is 506 g/mol. The van der Waals surface area contributed by atoms with Gasteiger partial charge in [-0.15, -0.1) is 0 Å². The number of halogens is 1. The van der Waals surface area contributed by atoms with Crippen LogP contribution in [0.1, 0.15) is 11.7 Å². The number of nitrogens with zero attached hydrogens (tertiary/aromatic N) is 2. The predicted octanol–water partition coefficient (Wildman–Crippen LogP) is 5.07. The van der Waals surface area contributed by atoms with Crippen molar-refractivity contribution in [3.8, 4) is 0 Å². The number of rotatable bonds is 5. The molecule has 0 saturated carbocycles. The minimum Gasteiger partial charge on any atom is -0.466 e. The van der Waals surface area contributed by atoms with E-state index >= 15 is 0 Å². The molecule has 1 aliphatic rings. The second-order valence-electron chi connectivity index (χ2n) is 7.40. The van der Waals surface area contributed by atoms with Gasteiger partial charge in [0, 0.05) is 15.8 Å². The van der Waals surface area contributed by atoms with Crippen LogP contribution >= 0.6 is 15.9 Å². The summed E-state index contributed by atoms with van der Waals surface area (Å²) in [6, 6.07) is 27.2. The van der Waals surface area contributed by atoms with Gasteiger partial charge in [0.15, 0.2) is 0 Å². The lowest BCUT2D eigenvalue weighted by Gasteiger charge is -2.47. The molecule has 3 aromatic carbocycles. The van der Waals surface area contributed by atoms with Gasteiger partial charge < -0.3 is 19.3 Å². The average molecular weight is 507 g/mol. The predicted molar refractivity (Wildman–Crippen MR) is 131 cm³/mol.